The van der Waals surface area contributed by atoms with Gasteiger partial charge in [-0.3, -0.25) is 4.90 Å². The largest absolute Gasteiger partial charge is 0.355 e. The summed E-state index contributed by atoms with van der Waals surface area (Å²) in [6.07, 6.45) is 4.90. The van der Waals surface area contributed by atoms with Gasteiger partial charge in [0.2, 0.25) is 0 Å². The molecule has 2 aliphatic rings. The summed E-state index contributed by atoms with van der Waals surface area (Å²) in [7, 11) is 2.00. The number of nitrogens with one attached hydrogen (secondary N) is 2. The third-order valence-corrected chi connectivity index (χ3v) is 6.52. The highest BCUT2D eigenvalue weighted by Gasteiger charge is 2.24. The number of likely N-dealkylation sites (N-methyl/N-ethyl adjacent to an activating group) is 1. The number of aliphatic imine (C=N–C) groups is 1. The first-order chi connectivity index (χ1) is 14.5. The summed E-state index contributed by atoms with van der Waals surface area (Å²) < 4.78 is 2.02. The fourth-order valence-corrected chi connectivity index (χ4v) is 4.62. The maximum Gasteiger partial charge on any atom is 0.191 e. The Morgan fingerprint density at radius 1 is 1.17 bits per heavy atom. The van der Waals surface area contributed by atoms with E-state index in [0.29, 0.717) is 18.6 Å². The van der Waals surface area contributed by atoms with Crippen LogP contribution in [0.3, 0.4) is 0 Å². The van der Waals surface area contributed by atoms with Crippen LogP contribution >= 0.6 is 0 Å². The molecule has 2 fully saturated rings. The third-order valence-electron chi connectivity index (χ3n) is 6.52. The van der Waals surface area contributed by atoms with Gasteiger partial charge < -0.3 is 20.1 Å². The van der Waals surface area contributed by atoms with Crippen molar-refractivity contribution >= 4 is 5.96 Å². The number of guanidine groups is 1. The lowest BCUT2D eigenvalue weighted by Gasteiger charge is -2.34. The number of aryl methyl sites for hydroxylation is 1. The molecule has 1 unspecified atom stereocenters. The SMILES string of the molecule is CCN1CCCC1CNC(=NCc1nnc(C)n1C)NC1CCN(CC(C)C)CC1. The van der Waals surface area contributed by atoms with Gasteiger partial charge >= 0.3 is 0 Å². The monoisotopic (exact) mass is 418 g/mol. The molecule has 2 saturated heterocycles. The molecular formula is C22H42N8. The van der Waals surface area contributed by atoms with Crippen molar-refractivity contribution in [1.82, 2.24) is 35.2 Å². The lowest BCUT2D eigenvalue weighted by atomic mass is 10.0. The predicted octanol–water partition coefficient (Wildman–Crippen LogP) is 1.76. The van der Waals surface area contributed by atoms with Crippen molar-refractivity contribution in [2.24, 2.45) is 18.0 Å². The van der Waals surface area contributed by atoms with Gasteiger partial charge in [0.05, 0.1) is 0 Å². The highest BCUT2D eigenvalue weighted by molar-refractivity contribution is 5.80. The van der Waals surface area contributed by atoms with E-state index >= 15 is 0 Å². The zero-order chi connectivity index (χ0) is 21.5. The lowest BCUT2D eigenvalue weighted by molar-refractivity contribution is 0.186. The van der Waals surface area contributed by atoms with Crippen LogP contribution in [0.15, 0.2) is 4.99 Å². The van der Waals surface area contributed by atoms with Crippen molar-refractivity contribution in [2.45, 2.75) is 72.0 Å². The molecule has 0 spiro atoms. The van der Waals surface area contributed by atoms with Gasteiger partial charge in [-0.25, -0.2) is 4.99 Å². The number of piperidine rings is 1. The van der Waals surface area contributed by atoms with Crippen LogP contribution in [0.4, 0.5) is 0 Å². The molecule has 0 saturated carbocycles. The van der Waals surface area contributed by atoms with Gasteiger partial charge in [0.25, 0.3) is 0 Å². The predicted molar refractivity (Wildman–Crippen MR) is 123 cm³/mol. The van der Waals surface area contributed by atoms with Crippen LogP contribution in [0.1, 0.15) is 58.1 Å². The molecule has 0 amide bonds. The summed E-state index contributed by atoms with van der Waals surface area (Å²) in [5.41, 5.74) is 0. The fourth-order valence-electron chi connectivity index (χ4n) is 4.62. The van der Waals surface area contributed by atoms with Gasteiger partial charge in [-0.15, -0.1) is 10.2 Å². The molecule has 2 N–H and O–H groups in total. The van der Waals surface area contributed by atoms with E-state index in [1.54, 1.807) is 0 Å². The van der Waals surface area contributed by atoms with E-state index < -0.39 is 0 Å². The van der Waals surface area contributed by atoms with Crippen LogP contribution in [-0.2, 0) is 13.6 Å². The van der Waals surface area contributed by atoms with Crippen molar-refractivity contribution in [3.8, 4) is 0 Å². The molecule has 0 aliphatic carbocycles. The Balaban J connectivity index is 1.59. The van der Waals surface area contributed by atoms with Crippen LogP contribution in [0.2, 0.25) is 0 Å². The Morgan fingerprint density at radius 2 is 1.93 bits per heavy atom. The Kier molecular flexibility index (Phi) is 8.50. The first kappa shape index (κ1) is 23.0. The van der Waals surface area contributed by atoms with Gasteiger partial charge in [-0.2, -0.15) is 0 Å². The summed E-state index contributed by atoms with van der Waals surface area (Å²) in [4.78, 5) is 10.0. The molecule has 0 aromatic carbocycles. The molecule has 3 rings (SSSR count). The number of hydrogen-bond donors (Lipinski definition) is 2. The van der Waals surface area contributed by atoms with Gasteiger partial charge in [0.15, 0.2) is 11.8 Å². The maximum atomic E-state index is 4.88. The Hall–Kier alpha value is -1.67. The Morgan fingerprint density at radius 3 is 2.57 bits per heavy atom. The summed E-state index contributed by atoms with van der Waals surface area (Å²) in [6.45, 7) is 16.2. The van der Waals surface area contributed by atoms with E-state index in [1.807, 2.05) is 18.5 Å². The van der Waals surface area contributed by atoms with E-state index in [1.165, 1.54) is 38.8 Å². The van der Waals surface area contributed by atoms with Crippen molar-refractivity contribution in [1.29, 1.82) is 0 Å². The van der Waals surface area contributed by atoms with Crippen LogP contribution in [0, 0.1) is 12.8 Å². The van der Waals surface area contributed by atoms with E-state index in [9.17, 15) is 0 Å². The summed E-state index contributed by atoms with van der Waals surface area (Å²) in [6, 6.07) is 1.08. The number of aromatic nitrogens is 3. The van der Waals surface area contributed by atoms with E-state index in [-0.39, 0.29) is 0 Å². The van der Waals surface area contributed by atoms with Crippen LogP contribution in [0.5, 0.6) is 0 Å². The topological polar surface area (TPSA) is 73.6 Å². The van der Waals surface area contributed by atoms with Crippen LogP contribution in [-0.4, -0.2) is 81.9 Å². The smallest absolute Gasteiger partial charge is 0.191 e. The molecule has 1 aromatic rings. The van der Waals surface area contributed by atoms with Crippen molar-refractivity contribution < 1.29 is 0 Å². The Labute approximate surface area is 182 Å². The first-order valence-corrected chi connectivity index (χ1v) is 11.8. The van der Waals surface area contributed by atoms with Crippen molar-refractivity contribution in [3.05, 3.63) is 11.6 Å². The second kappa shape index (κ2) is 11.1. The van der Waals surface area contributed by atoms with Gasteiger partial charge in [-0.1, -0.05) is 20.8 Å². The van der Waals surface area contributed by atoms with E-state index in [2.05, 4.69) is 51.4 Å². The molecule has 8 heteroatoms. The molecule has 2 aliphatic heterocycles. The zero-order valence-electron chi connectivity index (χ0n) is 19.7. The zero-order valence-corrected chi connectivity index (χ0v) is 19.7. The first-order valence-electron chi connectivity index (χ1n) is 11.8. The minimum Gasteiger partial charge on any atom is -0.355 e. The number of rotatable bonds is 8. The van der Waals surface area contributed by atoms with Crippen LogP contribution < -0.4 is 10.6 Å². The standard InChI is InChI=1S/C22H42N8/c1-6-30-11-7-8-20(30)14-23-22(24-15-21-27-26-18(4)28(21)5)25-19-9-12-29(13-10-19)16-17(2)3/h17,19-20H,6-16H2,1-5H3,(H2,23,24,25). The average molecular weight is 419 g/mol. The summed E-state index contributed by atoms with van der Waals surface area (Å²) in [5, 5.41) is 15.8. The molecule has 30 heavy (non-hydrogen) atoms. The van der Waals surface area contributed by atoms with Gasteiger partial charge in [-0.05, 0) is 51.6 Å². The highest BCUT2D eigenvalue weighted by atomic mass is 15.3. The highest BCUT2D eigenvalue weighted by Crippen LogP contribution is 2.16. The van der Waals surface area contributed by atoms with Crippen LogP contribution in [0.25, 0.3) is 0 Å². The number of nitrogens with zero attached hydrogens (tertiary/aromatic N) is 6. The Bertz CT molecular complexity index is 675. The second-order valence-electron chi connectivity index (χ2n) is 9.31. The molecule has 170 valence electrons. The van der Waals surface area contributed by atoms with E-state index in [4.69, 9.17) is 4.99 Å². The minimum atomic E-state index is 0.478. The number of likely N-dealkylation sites (tertiary alicyclic amines) is 2. The van der Waals surface area contributed by atoms with E-state index in [0.717, 1.165) is 49.7 Å². The van der Waals surface area contributed by atoms with Crippen molar-refractivity contribution in [2.75, 3.05) is 39.3 Å². The van der Waals surface area contributed by atoms with Gasteiger partial charge in [0, 0.05) is 45.3 Å². The third kappa shape index (κ3) is 6.41. The molecular weight excluding hydrogens is 376 g/mol. The van der Waals surface area contributed by atoms with Gasteiger partial charge in [0.1, 0.15) is 12.4 Å². The number of hydrogen-bond acceptors (Lipinski definition) is 5. The maximum absolute atomic E-state index is 4.88. The molecule has 0 bridgehead atoms. The average Bonchev–Trinajstić information content (AvgIpc) is 3.31. The normalized spacial score (nSPS) is 22.2. The summed E-state index contributed by atoms with van der Waals surface area (Å²) in [5.74, 6) is 3.47. The summed E-state index contributed by atoms with van der Waals surface area (Å²) >= 11 is 0. The molecule has 1 atom stereocenters. The minimum absolute atomic E-state index is 0.478. The van der Waals surface area contributed by atoms with Crippen molar-refractivity contribution in [3.63, 3.8) is 0 Å². The molecule has 0 radical (unpaired) electrons. The molecule has 1 aromatic heterocycles. The second-order valence-corrected chi connectivity index (χ2v) is 9.31. The lowest BCUT2D eigenvalue weighted by Crippen LogP contribution is -2.51. The fraction of sp³-hybridized carbons (Fsp3) is 0.864. The quantitative estimate of drug-likeness (QED) is 0.495. The molecule has 8 nitrogen and oxygen atoms in total. The molecule has 3 heterocycles.